The van der Waals surface area contributed by atoms with Gasteiger partial charge in [-0.3, -0.25) is 0 Å². The van der Waals surface area contributed by atoms with Crippen molar-refractivity contribution in [3.05, 3.63) is 48.5 Å². The molecular formula is C19H19N3O. The Morgan fingerprint density at radius 1 is 0.913 bits per heavy atom. The molecule has 2 aromatic carbocycles. The summed E-state index contributed by atoms with van der Waals surface area (Å²) in [7, 11) is 0. The van der Waals surface area contributed by atoms with E-state index in [1.807, 2.05) is 36.4 Å². The molecule has 116 valence electrons. The first-order valence-electron chi connectivity index (χ1n) is 8.18. The summed E-state index contributed by atoms with van der Waals surface area (Å²) in [5, 5.41) is 0. The number of fused-ring (bicyclic) bond motifs is 2. The van der Waals surface area contributed by atoms with Gasteiger partial charge in [-0.25, -0.2) is 9.97 Å². The number of aryl methyl sites for hydroxylation is 1. The average molecular weight is 305 g/mol. The lowest BCUT2D eigenvalue weighted by Gasteiger charge is -2.06. The van der Waals surface area contributed by atoms with E-state index in [0.29, 0.717) is 5.89 Å². The fourth-order valence-corrected chi connectivity index (χ4v) is 2.95. The Labute approximate surface area is 134 Å². The Kier molecular flexibility index (Phi) is 3.58. The normalized spacial score (nSPS) is 11.5. The van der Waals surface area contributed by atoms with Crippen molar-refractivity contribution in [1.82, 2.24) is 14.5 Å². The van der Waals surface area contributed by atoms with Gasteiger partial charge in [0.1, 0.15) is 5.52 Å². The van der Waals surface area contributed by atoms with Crippen LogP contribution in [0.4, 0.5) is 0 Å². The van der Waals surface area contributed by atoms with Crippen molar-refractivity contribution < 1.29 is 4.42 Å². The van der Waals surface area contributed by atoms with Crippen LogP contribution in [0.25, 0.3) is 33.8 Å². The molecule has 4 heteroatoms. The summed E-state index contributed by atoms with van der Waals surface area (Å²) in [6.45, 7) is 3.15. The first-order valence-corrected chi connectivity index (χ1v) is 8.18. The lowest BCUT2D eigenvalue weighted by Crippen LogP contribution is -2.01. The van der Waals surface area contributed by atoms with Gasteiger partial charge in [-0.15, -0.1) is 0 Å². The average Bonchev–Trinajstić information content (AvgIpc) is 3.16. The summed E-state index contributed by atoms with van der Waals surface area (Å²) in [6, 6.07) is 16.1. The largest absolute Gasteiger partial charge is 0.434 e. The Bertz CT molecular complexity index is 918. The van der Waals surface area contributed by atoms with Crippen LogP contribution < -0.4 is 0 Å². The molecule has 0 atom stereocenters. The lowest BCUT2D eigenvalue weighted by atomic mass is 10.2. The quantitative estimate of drug-likeness (QED) is 0.485. The number of hydrogen-bond acceptors (Lipinski definition) is 3. The van der Waals surface area contributed by atoms with Gasteiger partial charge in [0.2, 0.25) is 0 Å². The van der Waals surface area contributed by atoms with Crippen LogP contribution in [-0.4, -0.2) is 14.5 Å². The Morgan fingerprint density at radius 3 is 2.52 bits per heavy atom. The minimum absolute atomic E-state index is 0.596. The molecule has 0 aliphatic heterocycles. The maximum Gasteiger partial charge on any atom is 0.264 e. The van der Waals surface area contributed by atoms with E-state index in [4.69, 9.17) is 9.40 Å². The second-order valence-electron chi connectivity index (χ2n) is 5.77. The molecule has 0 saturated heterocycles. The molecule has 0 aliphatic carbocycles. The van der Waals surface area contributed by atoms with Crippen LogP contribution in [0.1, 0.15) is 26.2 Å². The maximum atomic E-state index is 5.94. The van der Waals surface area contributed by atoms with Gasteiger partial charge in [0.15, 0.2) is 11.4 Å². The highest BCUT2D eigenvalue weighted by Crippen LogP contribution is 2.27. The van der Waals surface area contributed by atoms with Crippen LogP contribution in [-0.2, 0) is 6.54 Å². The molecule has 0 unspecified atom stereocenters. The van der Waals surface area contributed by atoms with Crippen LogP contribution in [0.3, 0.4) is 0 Å². The molecule has 0 spiro atoms. The zero-order chi connectivity index (χ0) is 15.6. The molecule has 0 fully saturated rings. The monoisotopic (exact) mass is 305 g/mol. The van der Waals surface area contributed by atoms with E-state index in [-0.39, 0.29) is 0 Å². The van der Waals surface area contributed by atoms with E-state index in [1.165, 1.54) is 12.8 Å². The van der Waals surface area contributed by atoms with Gasteiger partial charge in [0, 0.05) is 6.54 Å². The maximum absolute atomic E-state index is 5.94. The summed E-state index contributed by atoms with van der Waals surface area (Å²) >= 11 is 0. The standard InChI is InChI=1S/C19H19N3O/c1-2-3-8-13-22-16-11-6-4-9-14(16)20-18(22)19-21-15-10-5-7-12-17(15)23-19/h4-7,9-12H,2-3,8,13H2,1H3. The van der Waals surface area contributed by atoms with E-state index in [0.717, 1.165) is 40.9 Å². The predicted octanol–water partition coefficient (Wildman–Crippen LogP) is 5.03. The molecular weight excluding hydrogens is 286 g/mol. The third-order valence-electron chi connectivity index (χ3n) is 4.12. The Morgan fingerprint density at radius 2 is 1.70 bits per heavy atom. The molecule has 2 heterocycles. The van der Waals surface area contributed by atoms with Crippen molar-refractivity contribution in [2.45, 2.75) is 32.7 Å². The van der Waals surface area contributed by atoms with Crippen molar-refractivity contribution in [3.8, 4) is 11.7 Å². The SMILES string of the molecule is CCCCCn1c(-c2nc3ccccc3o2)nc2ccccc21. The van der Waals surface area contributed by atoms with Crippen molar-refractivity contribution in [2.24, 2.45) is 0 Å². The summed E-state index contributed by atoms with van der Waals surface area (Å²) in [4.78, 5) is 9.38. The molecule has 0 radical (unpaired) electrons. The Hall–Kier alpha value is -2.62. The summed E-state index contributed by atoms with van der Waals surface area (Å²) in [6.07, 6.45) is 3.54. The molecule has 4 nitrogen and oxygen atoms in total. The fraction of sp³-hybridized carbons (Fsp3) is 0.263. The molecule has 23 heavy (non-hydrogen) atoms. The van der Waals surface area contributed by atoms with Crippen molar-refractivity contribution in [2.75, 3.05) is 0 Å². The van der Waals surface area contributed by atoms with Crippen LogP contribution in [0.5, 0.6) is 0 Å². The van der Waals surface area contributed by atoms with Gasteiger partial charge in [-0.05, 0) is 30.7 Å². The lowest BCUT2D eigenvalue weighted by molar-refractivity contribution is 0.582. The van der Waals surface area contributed by atoms with Gasteiger partial charge in [0.25, 0.3) is 5.89 Å². The van der Waals surface area contributed by atoms with Gasteiger partial charge in [-0.2, -0.15) is 0 Å². The highest BCUT2D eigenvalue weighted by Gasteiger charge is 2.17. The van der Waals surface area contributed by atoms with Gasteiger partial charge >= 0.3 is 0 Å². The minimum Gasteiger partial charge on any atom is -0.434 e. The van der Waals surface area contributed by atoms with Crippen molar-refractivity contribution >= 4 is 22.1 Å². The summed E-state index contributed by atoms with van der Waals surface area (Å²) < 4.78 is 8.17. The van der Waals surface area contributed by atoms with Crippen LogP contribution >= 0.6 is 0 Å². The first-order chi connectivity index (χ1) is 11.4. The smallest absolute Gasteiger partial charge is 0.264 e. The van der Waals surface area contributed by atoms with E-state index in [1.54, 1.807) is 0 Å². The molecule has 0 aliphatic rings. The molecule has 2 aromatic heterocycles. The molecule has 0 N–H and O–H groups in total. The van der Waals surface area contributed by atoms with Crippen LogP contribution in [0.15, 0.2) is 52.9 Å². The molecule has 4 rings (SSSR count). The number of para-hydroxylation sites is 4. The number of rotatable bonds is 5. The van der Waals surface area contributed by atoms with Crippen LogP contribution in [0, 0.1) is 0 Å². The van der Waals surface area contributed by atoms with Crippen molar-refractivity contribution in [1.29, 1.82) is 0 Å². The number of oxazole rings is 1. The zero-order valence-electron chi connectivity index (χ0n) is 13.2. The summed E-state index contributed by atoms with van der Waals surface area (Å²) in [5.74, 6) is 1.41. The molecule has 0 amide bonds. The fourth-order valence-electron chi connectivity index (χ4n) is 2.95. The number of hydrogen-bond donors (Lipinski definition) is 0. The number of unbranched alkanes of at least 4 members (excludes halogenated alkanes) is 2. The van der Waals surface area contributed by atoms with E-state index in [9.17, 15) is 0 Å². The Balaban J connectivity index is 1.85. The molecule has 0 bridgehead atoms. The minimum atomic E-state index is 0.596. The number of nitrogens with zero attached hydrogens (tertiary/aromatic N) is 3. The molecule has 4 aromatic rings. The van der Waals surface area contributed by atoms with Gasteiger partial charge < -0.3 is 8.98 Å². The highest BCUT2D eigenvalue weighted by atomic mass is 16.3. The van der Waals surface area contributed by atoms with Crippen LogP contribution in [0.2, 0.25) is 0 Å². The van der Waals surface area contributed by atoms with E-state index < -0.39 is 0 Å². The third kappa shape index (κ3) is 2.50. The first kappa shape index (κ1) is 14.0. The second kappa shape index (κ2) is 5.88. The molecule has 0 saturated carbocycles. The summed E-state index contributed by atoms with van der Waals surface area (Å²) in [5.41, 5.74) is 3.80. The van der Waals surface area contributed by atoms with Gasteiger partial charge in [0.05, 0.1) is 11.0 Å². The van der Waals surface area contributed by atoms with E-state index in [2.05, 4.69) is 28.6 Å². The zero-order valence-corrected chi connectivity index (χ0v) is 13.2. The number of imidazole rings is 1. The number of benzene rings is 2. The highest BCUT2D eigenvalue weighted by molar-refractivity contribution is 5.81. The number of aromatic nitrogens is 3. The van der Waals surface area contributed by atoms with Gasteiger partial charge in [-0.1, -0.05) is 44.0 Å². The second-order valence-corrected chi connectivity index (χ2v) is 5.77. The predicted molar refractivity (Wildman–Crippen MR) is 92.3 cm³/mol. The van der Waals surface area contributed by atoms with E-state index >= 15 is 0 Å². The third-order valence-corrected chi connectivity index (χ3v) is 4.12. The van der Waals surface area contributed by atoms with Crippen molar-refractivity contribution in [3.63, 3.8) is 0 Å². The topological polar surface area (TPSA) is 43.9 Å².